The Morgan fingerprint density at radius 3 is 2.25 bits per heavy atom. The van der Waals surface area contributed by atoms with Crippen LogP contribution < -0.4 is 5.32 Å². The Hall–Kier alpha value is -1.79. The second-order valence-electron chi connectivity index (χ2n) is 4.96. The van der Waals surface area contributed by atoms with Gasteiger partial charge < -0.3 is 20.1 Å². The van der Waals surface area contributed by atoms with E-state index in [4.69, 9.17) is 5.11 Å². The van der Waals surface area contributed by atoms with Crippen molar-refractivity contribution in [3.63, 3.8) is 0 Å². The summed E-state index contributed by atoms with van der Waals surface area (Å²) in [6.07, 6.45) is 0.638. The Labute approximate surface area is 119 Å². The van der Waals surface area contributed by atoms with Gasteiger partial charge >= 0.3 is 18.0 Å². The van der Waals surface area contributed by atoms with Crippen LogP contribution in [0.1, 0.15) is 27.2 Å². The maximum absolute atomic E-state index is 11.9. The SMILES string of the molecule is CCC(C)[C@H](NC(=O)N(C)CC(C)C(=O)OC)C(=O)O. The highest BCUT2D eigenvalue weighted by atomic mass is 16.5. The van der Waals surface area contributed by atoms with Crippen LogP contribution in [0.2, 0.25) is 0 Å². The number of methoxy groups -OCH3 is 1. The van der Waals surface area contributed by atoms with E-state index in [2.05, 4.69) is 10.1 Å². The van der Waals surface area contributed by atoms with Gasteiger partial charge in [-0.3, -0.25) is 4.79 Å². The highest BCUT2D eigenvalue weighted by Gasteiger charge is 2.27. The largest absolute Gasteiger partial charge is 0.480 e. The molecule has 0 saturated carbocycles. The molecule has 2 unspecified atom stereocenters. The maximum Gasteiger partial charge on any atom is 0.326 e. The first kappa shape index (κ1) is 18.2. The van der Waals surface area contributed by atoms with Crippen molar-refractivity contribution in [3.8, 4) is 0 Å². The highest BCUT2D eigenvalue weighted by molar-refractivity contribution is 5.83. The quantitative estimate of drug-likeness (QED) is 0.680. The molecule has 0 heterocycles. The molecule has 0 fully saturated rings. The van der Waals surface area contributed by atoms with Gasteiger partial charge in [-0.25, -0.2) is 9.59 Å². The molecule has 0 aliphatic heterocycles. The fraction of sp³-hybridized carbons (Fsp3) is 0.769. The summed E-state index contributed by atoms with van der Waals surface area (Å²) in [5.41, 5.74) is 0. The van der Waals surface area contributed by atoms with Crippen LogP contribution >= 0.6 is 0 Å². The second-order valence-corrected chi connectivity index (χ2v) is 4.96. The third-order valence-electron chi connectivity index (χ3n) is 3.26. The fourth-order valence-corrected chi connectivity index (χ4v) is 1.70. The Morgan fingerprint density at radius 1 is 1.30 bits per heavy atom. The molecule has 2 N–H and O–H groups in total. The first-order valence-corrected chi connectivity index (χ1v) is 6.56. The Morgan fingerprint density at radius 2 is 1.85 bits per heavy atom. The number of hydrogen-bond donors (Lipinski definition) is 2. The van der Waals surface area contributed by atoms with Crippen molar-refractivity contribution in [1.29, 1.82) is 0 Å². The van der Waals surface area contributed by atoms with Gasteiger partial charge in [-0.1, -0.05) is 27.2 Å². The van der Waals surface area contributed by atoms with Crippen LogP contribution in [-0.4, -0.2) is 54.7 Å². The van der Waals surface area contributed by atoms with Gasteiger partial charge in [0.2, 0.25) is 0 Å². The second kappa shape index (κ2) is 8.39. The van der Waals surface area contributed by atoms with Crippen LogP contribution in [0.5, 0.6) is 0 Å². The number of hydrogen-bond acceptors (Lipinski definition) is 4. The Kier molecular flexibility index (Phi) is 7.64. The summed E-state index contributed by atoms with van der Waals surface area (Å²) in [6.45, 7) is 5.41. The lowest BCUT2D eigenvalue weighted by atomic mass is 9.99. The van der Waals surface area contributed by atoms with Crippen LogP contribution in [0, 0.1) is 11.8 Å². The normalized spacial score (nSPS) is 14.8. The summed E-state index contributed by atoms with van der Waals surface area (Å²) in [5, 5.41) is 11.6. The Balaban J connectivity index is 4.57. The summed E-state index contributed by atoms with van der Waals surface area (Å²) in [5.74, 6) is -2.13. The van der Waals surface area contributed by atoms with E-state index in [1.807, 2.05) is 6.92 Å². The minimum absolute atomic E-state index is 0.158. The zero-order valence-corrected chi connectivity index (χ0v) is 12.7. The molecular formula is C13H24N2O5. The lowest BCUT2D eigenvalue weighted by Gasteiger charge is -2.25. The zero-order chi connectivity index (χ0) is 15.9. The number of rotatable bonds is 7. The minimum Gasteiger partial charge on any atom is -0.480 e. The number of ether oxygens (including phenoxy) is 1. The predicted octanol–water partition coefficient (Wildman–Crippen LogP) is 0.936. The number of aliphatic carboxylic acids is 1. The van der Waals surface area contributed by atoms with Crippen LogP contribution in [0.4, 0.5) is 4.79 Å². The molecule has 0 saturated heterocycles. The molecule has 0 rings (SSSR count). The number of carboxylic acids is 1. The first-order valence-electron chi connectivity index (χ1n) is 6.56. The average Bonchev–Trinajstić information content (AvgIpc) is 2.41. The summed E-state index contributed by atoms with van der Waals surface area (Å²) in [7, 11) is 2.78. The van der Waals surface area contributed by atoms with E-state index in [1.165, 1.54) is 19.1 Å². The van der Waals surface area contributed by atoms with Gasteiger partial charge in [0.1, 0.15) is 6.04 Å². The van der Waals surface area contributed by atoms with E-state index in [-0.39, 0.29) is 12.5 Å². The molecule has 0 aromatic rings. The third kappa shape index (κ3) is 5.46. The van der Waals surface area contributed by atoms with Gasteiger partial charge in [0.15, 0.2) is 0 Å². The molecule has 7 heteroatoms. The molecule has 2 amide bonds. The molecular weight excluding hydrogens is 264 g/mol. The lowest BCUT2D eigenvalue weighted by molar-refractivity contribution is -0.145. The van der Waals surface area contributed by atoms with Gasteiger partial charge in [0, 0.05) is 13.6 Å². The van der Waals surface area contributed by atoms with Gasteiger partial charge in [0.05, 0.1) is 13.0 Å². The van der Waals surface area contributed by atoms with Crippen LogP contribution in [0.3, 0.4) is 0 Å². The van der Waals surface area contributed by atoms with Crippen molar-refractivity contribution < 1.29 is 24.2 Å². The molecule has 116 valence electrons. The molecule has 0 aromatic carbocycles. The predicted molar refractivity (Wildman–Crippen MR) is 73.2 cm³/mol. The monoisotopic (exact) mass is 288 g/mol. The summed E-state index contributed by atoms with van der Waals surface area (Å²) in [4.78, 5) is 35.6. The topological polar surface area (TPSA) is 95.9 Å². The van der Waals surface area contributed by atoms with Crippen LogP contribution in [-0.2, 0) is 14.3 Å². The number of carboxylic acid groups (broad SMARTS) is 1. The van der Waals surface area contributed by atoms with Gasteiger partial charge in [-0.15, -0.1) is 0 Å². The number of carbonyl (C=O) groups excluding carboxylic acids is 2. The van der Waals surface area contributed by atoms with Crippen LogP contribution in [0.25, 0.3) is 0 Å². The van der Waals surface area contributed by atoms with Crippen molar-refractivity contribution in [2.75, 3.05) is 20.7 Å². The molecule has 7 nitrogen and oxygen atoms in total. The highest BCUT2D eigenvalue weighted by Crippen LogP contribution is 2.09. The van der Waals surface area contributed by atoms with Crippen molar-refractivity contribution in [1.82, 2.24) is 10.2 Å². The number of amides is 2. The zero-order valence-electron chi connectivity index (χ0n) is 12.7. The molecule has 0 spiro atoms. The number of nitrogens with zero attached hydrogens (tertiary/aromatic N) is 1. The van der Waals surface area contributed by atoms with Crippen LogP contribution in [0.15, 0.2) is 0 Å². The molecule has 0 aliphatic rings. The van der Waals surface area contributed by atoms with Crippen molar-refractivity contribution in [2.45, 2.75) is 33.2 Å². The smallest absolute Gasteiger partial charge is 0.326 e. The van der Waals surface area contributed by atoms with Crippen molar-refractivity contribution >= 4 is 18.0 Å². The van der Waals surface area contributed by atoms with Gasteiger partial charge in [-0.2, -0.15) is 0 Å². The van der Waals surface area contributed by atoms with E-state index in [0.717, 1.165) is 0 Å². The molecule has 3 atom stereocenters. The number of nitrogens with one attached hydrogen (secondary N) is 1. The maximum atomic E-state index is 11.9. The minimum atomic E-state index is -1.07. The fourth-order valence-electron chi connectivity index (χ4n) is 1.70. The molecule has 20 heavy (non-hydrogen) atoms. The summed E-state index contributed by atoms with van der Waals surface area (Å²) >= 11 is 0. The third-order valence-corrected chi connectivity index (χ3v) is 3.26. The standard InChI is InChI=1S/C13H24N2O5/c1-6-8(2)10(11(16)17)14-13(19)15(4)7-9(3)12(18)20-5/h8-10H,6-7H2,1-5H3,(H,14,19)(H,16,17)/t8?,9?,10-/m0/s1. The van der Waals surface area contributed by atoms with Crippen molar-refractivity contribution in [2.24, 2.45) is 11.8 Å². The van der Waals surface area contributed by atoms with Gasteiger partial charge in [0.25, 0.3) is 0 Å². The molecule has 0 aromatic heterocycles. The summed E-state index contributed by atoms with van der Waals surface area (Å²) < 4.78 is 4.58. The summed E-state index contributed by atoms with van der Waals surface area (Å²) in [6, 6.07) is -1.46. The van der Waals surface area contributed by atoms with E-state index < -0.39 is 29.9 Å². The average molecular weight is 288 g/mol. The Bertz CT molecular complexity index is 359. The van der Waals surface area contributed by atoms with E-state index in [9.17, 15) is 14.4 Å². The first-order chi connectivity index (χ1) is 9.24. The number of carbonyl (C=O) groups is 3. The van der Waals surface area contributed by atoms with E-state index in [1.54, 1.807) is 13.8 Å². The molecule has 0 radical (unpaired) electrons. The van der Waals surface area contributed by atoms with Crippen molar-refractivity contribution in [3.05, 3.63) is 0 Å². The lowest BCUT2D eigenvalue weighted by Crippen LogP contribution is -2.50. The number of urea groups is 1. The molecule has 0 aliphatic carbocycles. The number of esters is 1. The van der Waals surface area contributed by atoms with E-state index in [0.29, 0.717) is 6.42 Å². The van der Waals surface area contributed by atoms with Gasteiger partial charge in [-0.05, 0) is 5.92 Å². The molecule has 0 bridgehead atoms. The van der Waals surface area contributed by atoms with E-state index >= 15 is 0 Å².